The average molecular weight is 310 g/mol. The van der Waals surface area contributed by atoms with Gasteiger partial charge in [0.05, 0.1) is 24.8 Å². The van der Waals surface area contributed by atoms with Crippen molar-refractivity contribution in [3.8, 4) is 5.75 Å². The number of carbonyl (C=O) groups is 1. The van der Waals surface area contributed by atoms with Crippen molar-refractivity contribution >= 4 is 5.91 Å². The topological polar surface area (TPSA) is 75.8 Å². The number of benzene rings is 1. The molecule has 6 heteroatoms. The van der Waals surface area contributed by atoms with Crippen molar-refractivity contribution in [1.29, 1.82) is 0 Å². The third-order valence-corrected chi connectivity index (χ3v) is 3.88. The van der Waals surface area contributed by atoms with Crippen LogP contribution in [0.3, 0.4) is 0 Å². The van der Waals surface area contributed by atoms with Crippen LogP contribution in [0.2, 0.25) is 0 Å². The summed E-state index contributed by atoms with van der Waals surface area (Å²) in [6.07, 6.45) is 3.30. The Balaban J connectivity index is 2.21. The number of ether oxygens (including phenoxy) is 1. The van der Waals surface area contributed by atoms with Crippen LogP contribution in [-0.4, -0.2) is 48.3 Å². The van der Waals surface area contributed by atoms with Crippen LogP contribution in [0.5, 0.6) is 5.75 Å². The van der Waals surface area contributed by atoms with Gasteiger partial charge in [0.1, 0.15) is 11.6 Å². The summed E-state index contributed by atoms with van der Waals surface area (Å²) in [6.45, 7) is 1.36. The summed E-state index contributed by atoms with van der Waals surface area (Å²) >= 11 is 0. The minimum Gasteiger partial charge on any atom is -0.493 e. The highest BCUT2D eigenvalue weighted by Gasteiger charge is 2.28. The summed E-state index contributed by atoms with van der Waals surface area (Å²) in [6, 6.07) is 3.73. The largest absolute Gasteiger partial charge is 0.493 e. The quantitative estimate of drug-likeness (QED) is 0.782. The highest BCUT2D eigenvalue weighted by Crippen LogP contribution is 2.25. The first-order valence-electron chi connectivity index (χ1n) is 7.71. The van der Waals surface area contributed by atoms with E-state index in [1.165, 1.54) is 18.2 Å². The van der Waals surface area contributed by atoms with Crippen molar-refractivity contribution in [1.82, 2.24) is 4.90 Å². The molecule has 0 bridgehead atoms. The number of hydrogen-bond acceptors (Lipinski definition) is 4. The molecule has 1 atom stereocenters. The lowest BCUT2D eigenvalue weighted by atomic mass is 10.0. The number of piperidine rings is 1. The zero-order chi connectivity index (χ0) is 15.9. The van der Waals surface area contributed by atoms with E-state index >= 15 is 0 Å². The summed E-state index contributed by atoms with van der Waals surface area (Å²) in [7, 11) is 0. The number of nitrogens with zero attached hydrogens (tertiary/aromatic N) is 1. The second-order valence-corrected chi connectivity index (χ2v) is 5.46. The number of hydrogen-bond donors (Lipinski definition) is 2. The number of aliphatic hydroxyl groups excluding tert-OH is 1. The molecule has 0 aliphatic carbocycles. The Kier molecular flexibility index (Phi) is 6.15. The number of halogens is 1. The lowest BCUT2D eigenvalue weighted by Gasteiger charge is -2.35. The van der Waals surface area contributed by atoms with Gasteiger partial charge < -0.3 is 20.5 Å². The van der Waals surface area contributed by atoms with Crippen LogP contribution in [0.4, 0.5) is 4.39 Å². The highest BCUT2D eigenvalue weighted by atomic mass is 19.1. The predicted molar refractivity (Wildman–Crippen MR) is 81.3 cm³/mol. The maximum absolute atomic E-state index is 13.5. The van der Waals surface area contributed by atoms with Gasteiger partial charge in [0.2, 0.25) is 0 Å². The van der Waals surface area contributed by atoms with E-state index < -0.39 is 5.82 Å². The summed E-state index contributed by atoms with van der Waals surface area (Å²) in [5, 5.41) is 9.44. The van der Waals surface area contributed by atoms with Crippen LogP contribution in [0, 0.1) is 5.82 Å². The van der Waals surface area contributed by atoms with Gasteiger partial charge in [-0.15, -0.1) is 0 Å². The van der Waals surface area contributed by atoms with Crippen LogP contribution < -0.4 is 10.5 Å². The van der Waals surface area contributed by atoms with Gasteiger partial charge in [-0.25, -0.2) is 4.39 Å². The first kappa shape index (κ1) is 16.7. The zero-order valence-corrected chi connectivity index (χ0v) is 12.6. The molecular formula is C16H23FN2O3. The molecule has 1 aliphatic rings. The Morgan fingerprint density at radius 1 is 1.45 bits per heavy atom. The number of rotatable bonds is 6. The molecule has 1 aromatic rings. The SMILES string of the molecule is NCCCOc1ccc(F)cc1C(=O)N1CCCC[C@H]1CO. The van der Waals surface area contributed by atoms with Crippen molar-refractivity contribution in [3.63, 3.8) is 0 Å². The Labute approximate surface area is 129 Å². The van der Waals surface area contributed by atoms with Gasteiger partial charge in [-0.05, 0) is 50.4 Å². The molecule has 1 fully saturated rings. The minimum atomic E-state index is -0.480. The Morgan fingerprint density at radius 2 is 2.27 bits per heavy atom. The standard InChI is InChI=1S/C16H23FN2O3/c17-12-5-6-15(22-9-3-7-18)14(10-12)16(21)19-8-2-1-4-13(19)11-20/h5-6,10,13,20H,1-4,7-9,11,18H2/t13-/m0/s1. The molecule has 3 N–H and O–H groups in total. The molecular weight excluding hydrogens is 287 g/mol. The van der Waals surface area contributed by atoms with Crippen molar-refractivity contribution in [2.24, 2.45) is 5.73 Å². The van der Waals surface area contributed by atoms with Gasteiger partial charge >= 0.3 is 0 Å². The number of carbonyl (C=O) groups excluding carboxylic acids is 1. The van der Waals surface area contributed by atoms with Crippen LogP contribution in [0.1, 0.15) is 36.0 Å². The predicted octanol–water partition coefficient (Wildman–Crippen LogP) is 1.54. The van der Waals surface area contributed by atoms with E-state index in [-0.39, 0.29) is 24.1 Å². The molecule has 1 amide bonds. The zero-order valence-electron chi connectivity index (χ0n) is 12.6. The maximum Gasteiger partial charge on any atom is 0.258 e. The molecule has 2 rings (SSSR count). The molecule has 1 aliphatic heterocycles. The maximum atomic E-state index is 13.5. The molecule has 0 aromatic heterocycles. The van der Waals surface area contributed by atoms with Gasteiger partial charge in [0.25, 0.3) is 5.91 Å². The lowest BCUT2D eigenvalue weighted by molar-refractivity contribution is 0.0498. The summed E-state index contributed by atoms with van der Waals surface area (Å²) in [5.74, 6) is -0.407. The molecule has 1 aromatic carbocycles. The fraction of sp³-hybridized carbons (Fsp3) is 0.562. The molecule has 1 saturated heterocycles. The molecule has 0 spiro atoms. The van der Waals surface area contributed by atoms with Crippen molar-refractivity contribution in [3.05, 3.63) is 29.6 Å². The number of nitrogens with two attached hydrogens (primary N) is 1. The van der Waals surface area contributed by atoms with Crippen LogP contribution in [-0.2, 0) is 0 Å². The molecule has 5 nitrogen and oxygen atoms in total. The van der Waals surface area contributed by atoms with Gasteiger partial charge in [0, 0.05) is 6.54 Å². The summed E-state index contributed by atoms with van der Waals surface area (Å²) in [4.78, 5) is 14.3. The third-order valence-electron chi connectivity index (χ3n) is 3.88. The summed E-state index contributed by atoms with van der Waals surface area (Å²) in [5.41, 5.74) is 5.63. The van der Waals surface area contributed by atoms with Gasteiger partial charge in [0.15, 0.2) is 0 Å². The van der Waals surface area contributed by atoms with Crippen molar-refractivity contribution < 1.29 is 19.0 Å². The third kappa shape index (κ3) is 3.96. The summed E-state index contributed by atoms with van der Waals surface area (Å²) < 4.78 is 19.1. The number of aliphatic hydroxyl groups is 1. The van der Waals surface area contributed by atoms with Crippen LogP contribution >= 0.6 is 0 Å². The van der Waals surface area contributed by atoms with Crippen molar-refractivity contribution in [2.45, 2.75) is 31.7 Å². The molecule has 0 saturated carbocycles. The van der Waals surface area contributed by atoms with E-state index in [0.29, 0.717) is 31.9 Å². The fourth-order valence-electron chi connectivity index (χ4n) is 2.67. The number of amides is 1. The minimum absolute atomic E-state index is 0.0789. The number of likely N-dealkylation sites (tertiary alicyclic amines) is 1. The smallest absolute Gasteiger partial charge is 0.258 e. The Bertz CT molecular complexity index is 510. The van der Waals surface area contributed by atoms with Crippen LogP contribution in [0.15, 0.2) is 18.2 Å². The van der Waals surface area contributed by atoms with E-state index in [0.717, 1.165) is 19.3 Å². The van der Waals surface area contributed by atoms with Crippen molar-refractivity contribution in [2.75, 3.05) is 26.3 Å². The van der Waals surface area contributed by atoms with Crippen LogP contribution in [0.25, 0.3) is 0 Å². The lowest BCUT2D eigenvalue weighted by Crippen LogP contribution is -2.45. The molecule has 0 radical (unpaired) electrons. The highest BCUT2D eigenvalue weighted by molar-refractivity contribution is 5.97. The second kappa shape index (κ2) is 8.10. The van der Waals surface area contributed by atoms with Gasteiger partial charge in [-0.2, -0.15) is 0 Å². The Morgan fingerprint density at radius 3 is 3.00 bits per heavy atom. The average Bonchev–Trinajstić information content (AvgIpc) is 2.55. The molecule has 0 unspecified atom stereocenters. The second-order valence-electron chi connectivity index (χ2n) is 5.46. The van der Waals surface area contributed by atoms with Gasteiger partial charge in [-0.3, -0.25) is 4.79 Å². The van der Waals surface area contributed by atoms with E-state index in [9.17, 15) is 14.3 Å². The molecule has 1 heterocycles. The van der Waals surface area contributed by atoms with E-state index in [2.05, 4.69) is 0 Å². The van der Waals surface area contributed by atoms with Gasteiger partial charge in [-0.1, -0.05) is 0 Å². The van der Waals surface area contributed by atoms with E-state index in [4.69, 9.17) is 10.5 Å². The monoisotopic (exact) mass is 310 g/mol. The fourth-order valence-corrected chi connectivity index (χ4v) is 2.67. The first-order valence-corrected chi connectivity index (χ1v) is 7.71. The van der Waals surface area contributed by atoms with E-state index in [1.807, 2.05) is 0 Å². The normalized spacial score (nSPS) is 18.3. The van der Waals surface area contributed by atoms with E-state index in [1.54, 1.807) is 4.90 Å². The molecule has 22 heavy (non-hydrogen) atoms. The first-order chi connectivity index (χ1) is 10.7. The Hall–Kier alpha value is -1.66. The molecule has 122 valence electrons.